The third kappa shape index (κ3) is 2.05. The van der Waals surface area contributed by atoms with Gasteiger partial charge in [-0.05, 0) is 25.1 Å². The molecule has 0 spiro atoms. The fraction of sp³-hybridized carbons (Fsp3) is 0.333. The highest BCUT2D eigenvalue weighted by molar-refractivity contribution is 6.10. The van der Waals surface area contributed by atoms with Crippen LogP contribution in [-0.4, -0.2) is 40.3 Å². The number of anilines is 1. The lowest BCUT2D eigenvalue weighted by molar-refractivity contribution is 0.0748. The smallest absolute Gasteiger partial charge is 0.171 e. The Morgan fingerprint density at radius 1 is 1.36 bits per heavy atom. The lowest BCUT2D eigenvalue weighted by Gasteiger charge is -2.27. The monoisotopic (exact) mass is 301 g/mol. The van der Waals surface area contributed by atoms with E-state index in [2.05, 4.69) is 20.3 Å². The first-order valence-corrected chi connectivity index (χ1v) is 7.26. The average molecular weight is 301 g/mol. The van der Waals surface area contributed by atoms with Gasteiger partial charge >= 0.3 is 0 Å². The molecule has 4 heterocycles. The van der Waals surface area contributed by atoms with Crippen molar-refractivity contribution in [2.75, 3.05) is 18.8 Å². The molecule has 0 bridgehead atoms. The zero-order valence-electron chi connectivity index (χ0n) is 11.8. The third-order valence-electron chi connectivity index (χ3n) is 4.01. The van der Waals surface area contributed by atoms with Crippen molar-refractivity contribution in [1.29, 1.82) is 0 Å². The molecule has 3 aromatic rings. The van der Waals surface area contributed by atoms with E-state index in [0.29, 0.717) is 18.7 Å². The number of nitrogens with two attached hydrogens (primary N) is 1. The van der Waals surface area contributed by atoms with E-state index < -0.39 is 12.3 Å². The molecule has 1 aliphatic heterocycles. The Bertz CT molecular complexity index is 833. The number of hydrogen-bond acceptors (Lipinski definition) is 5. The molecule has 0 aromatic carbocycles. The number of halogens is 1. The zero-order valence-corrected chi connectivity index (χ0v) is 11.8. The predicted octanol–water partition coefficient (Wildman–Crippen LogP) is 1.77. The summed E-state index contributed by atoms with van der Waals surface area (Å²) in [4.78, 5) is 11.6. The molecular weight excluding hydrogens is 285 g/mol. The molecule has 0 saturated carbocycles. The largest absolute Gasteiger partial charge is 0.483 e. The lowest BCUT2D eigenvalue weighted by atomic mass is 10.1. The van der Waals surface area contributed by atoms with Crippen molar-refractivity contribution in [2.45, 2.75) is 18.7 Å². The highest BCUT2D eigenvalue weighted by Crippen LogP contribution is 2.36. The first-order valence-electron chi connectivity index (χ1n) is 7.26. The first kappa shape index (κ1) is 13.3. The number of aromatic amines is 1. The molecule has 114 valence electrons. The van der Waals surface area contributed by atoms with Gasteiger partial charge in [0.2, 0.25) is 0 Å². The highest BCUT2D eigenvalue weighted by Gasteiger charge is 2.28. The van der Waals surface area contributed by atoms with E-state index >= 15 is 0 Å². The molecule has 0 amide bonds. The van der Waals surface area contributed by atoms with Gasteiger partial charge in [0.15, 0.2) is 11.6 Å². The van der Waals surface area contributed by atoms with Gasteiger partial charge in [0.05, 0.1) is 17.1 Å². The maximum atomic E-state index is 14.0. The number of piperidine rings is 1. The minimum Gasteiger partial charge on any atom is -0.483 e. The standard InChI is InChI=1S/C15H16FN5O/c16-9-6-18-5-3-11(9)22-13-12-8-2-1-4-19-15(8)21-10(12)7-20-14(13)17/h1-2,4,7,9,11,18H,3,5-6H2,(H2,17,20)(H,19,21)/t9-,11-/m0/s1. The van der Waals surface area contributed by atoms with E-state index in [4.69, 9.17) is 10.5 Å². The van der Waals surface area contributed by atoms with Crippen LogP contribution >= 0.6 is 0 Å². The number of rotatable bonds is 2. The van der Waals surface area contributed by atoms with Crippen LogP contribution in [0.2, 0.25) is 0 Å². The number of ether oxygens (including phenoxy) is 1. The molecular formula is C15H16FN5O. The van der Waals surface area contributed by atoms with Crippen molar-refractivity contribution < 1.29 is 9.13 Å². The number of nitrogens with zero attached hydrogens (tertiary/aromatic N) is 2. The second-order valence-electron chi connectivity index (χ2n) is 5.45. The van der Waals surface area contributed by atoms with E-state index in [-0.39, 0.29) is 5.82 Å². The van der Waals surface area contributed by atoms with Crippen molar-refractivity contribution >= 4 is 27.8 Å². The summed E-state index contributed by atoms with van der Waals surface area (Å²) in [6, 6.07) is 3.78. The SMILES string of the molecule is Nc1ncc2[nH]c3ncccc3c2c1O[C@H]1CCNC[C@@H]1F. The van der Waals surface area contributed by atoms with Crippen LogP contribution in [0.5, 0.6) is 5.75 Å². The molecule has 4 N–H and O–H groups in total. The summed E-state index contributed by atoms with van der Waals surface area (Å²) in [7, 11) is 0. The molecule has 0 radical (unpaired) electrons. The van der Waals surface area contributed by atoms with Crippen molar-refractivity contribution in [2.24, 2.45) is 0 Å². The van der Waals surface area contributed by atoms with Gasteiger partial charge in [0, 0.05) is 18.1 Å². The third-order valence-corrected chi connectivity index (χ3v) is 4.01. The molecule has 22 heavy (non-hydrogen) atoms. The number of hydrogen-bond donors (Lipinski definition) is 3. The van der Waals surface area contributed by atoms with Crippen LogP contribution in [0.25, 0.3) is 21.9 Å². The normalized spacial score (nSPS) is 22.2. The quantitative estimate of drug-likeness (QED) is 0.671. The topological polar surface area (TPSA) is 88.9 Å². The van der Waals surface area contributed by atoms with Crippen molar-refractivity contribution in [1.82, 2.24) is 20.3 Å². The van der Waals surface area contributed by atoms with E-state index in [1.54, 1.807) is 12.4 Å². The Kier molecular flexibility index (Phi) is 3.07. The number of H-pyrrole nitrogens is 1. The van der Waals surface area contributed by atoms with Gasteiger partial charge in [-0.1, -0.05) is 0 Å². The molecule has 3 aromatic heterocycles. The summed E-state index contributed by atoms with van der Waals surface area (Å²) in [5.74, 6) is 0.703. The molecule has 0 unspecified atom stereocenters. The summed E-state index contributed by atoms with van der Waals surface area (Å²) < 4.78 is 20.0. The maximum absolute atomic E-state index is 14.0. The zero-order chi connectivity index (χ0) is 15.1. The van der Waals surface area contributed by atoms with Gasteiger partial charge in [-0.25, -0.2) is 14.4 Å². The van der Waals surface area contributed by atoms with Gasteiger partial charge in [0.25, 0.3) is 0 Å². The van der Waals surface area contributed by atoms with Crippen LogP contribution in [0.4, 0.5) is 10.2 Å². The number of nitrogen functional groups attached to an aromatic ring is 1. The molecule has 4 rings (SSSR count). The summed E-state index contributed by atoms with van der Waals surface area (Å²) in [5.41, 5.74) is 7.50. The molecule has 2 atom stereocenters. The van der Waals surface area contributed by atoms with Crippen LogP contribution in [0, 0.1) is 0 Å². The Morgan fingerprint density at radius 2 is 2.27 bits per heavy atom. The van der Waals surface area contributed by atoms with Crippen LogP contribution in [0.1, 0.15) is 6.42 Å². The van der Waals surface area contributed by atoms with Gasteiger partial charge in [-0.2, -0.15) is 0 Å². The van der Waals surface area contributed by atoms with Crippen LogP contribution in [-0.2, 0) is 0 Å². The van der Waals surface area contributed by atoms with Gasteiger partial charge < -0.3 is 20.8 Å². The van der Waals surface area contributed by atoms with E-state index in [0.717, 1.165) is 28.5 Å². The van der Waals surface area contributed by atoms with Crippen LogP contribution in [0.3, 0.4) is 0 Å². The molecule has 0 aliphatic carbocycles. The van der Waals surface area contributed by atoms with E-state index in [9.17, 15) is 4.39 Å². The summed E-state index contributed by atoms with van der Waals surface area (Å²) in [6.07, 6.45) is 2.37. The van der Waals surface area contributed by atoms with E-state index in [1.807, 2.05) is 12.1 Å². The van der Waals surface area contributed by atoms with Crippen molar-refractivity contribution in [3.05, 3.63) is 24.5 Å². The Balaban J connectivity index is 1.86. The average Bonchev–Trinajstić information content (AvgIpc) is 2.91. The molecule has 6 nitrogen and oxygen atoms in total. The second kappa shape index (κ2) is 5.10. The van der Waals surface area contributed by atoms with Crippen molar-refractivity contribution in [3.8, 4) is 5.75 Å². The van der Waals surface area contributed by atoms with E-state index in [1.165, 1.54) is 0 Å². The van der Waals surface area contributed by atoms with Gasteiger partial charge in [-0.15, -0.1) is 0 Å². The Morgan fingerprint density at radius 3 is 3.14 bits per heavy atom. The molecule has 1 fully saturated rings. The minimum absolute atomic E-state index is 0.267. The van der Waals surface area contributed by atoms with Crippen LogP contribution in [0.15, 0.2) is 24.5 Å². The summed E-state index contributed by atoms with van der Waals surface area (Å²) in [6.45, 7) is 1.02. The fourth-order valence-corrected chi connectivity index (χ4v) is 2.90. The van der Waals surface area contributed by atoms with Gasteiger partial charge in [0.1, 0.15) is 17.9 Å². The summed E-state index contributed by atoms with van der Waals surface area (Å²) in [5, 5.41) is 4.71. The highest BCUT2D eigenvalue weighted by atomic mass is 19.1. The minimum atomic E-state index is -1.06. The first-order chi connectivity index (χ1) is 10.7. The number of aromatic nitrogens is 3. The second-order valence-corrected chi connectivity index (χ2v) is 5.45. The molecule has 1 aliphatic rings. The number of fused-ring (bicyclic) bond motifs is 3. The Labute approximate surface area is 125 Å². The fourth-order valence-electron chi connectivity index (χ4n) is 2.90. The predicted molar refractivity (Wildman–Crippen MR) is 82.6 cm³/mol. The molecule has 7 heteroatoms. The van der Waals surface area contributed by atoms with Crippen LogP contribution < -0.4 is 15.8 Å². The Hall–Kier alpha value is -2.41. The number of alkyl halides is 1. The van der Waals surface area contributed by atoms with Crippen molar-refractivity contribution in [3.63, 3.8) is 0 Å². The number of pyridine rings is 2. The number of nitrogens with one attached hydrogen (secondary N) is 2. The molecule has 1 saturated heterocycles. The maximum Gasteiger partial charge on any atom is 0.171 e. The van der Waals surface area contributed by atoms with Gasteiger partial charge in [-0.3, -0.25) is 0 Å². The summed E-state index contributed by atoms with van der Waals surface area (Å²) >= 11 is 0. The lowest BCUT2D eigenvalue weighted by Crippen LogP contribution is -2.44.